The van der Waals surface area contributed by atoms with E-state index in [0.717, 1.165) is 0 Å². The molecule has 4 heteroatoms. The minimum absolute atomic E-state index is 0.00803. The fourth-order valence-corrected chi connectivity index (χ4v) is 1.83. The molecule has 0 N–H and O–H groups in total. The van der Waals surface area contributed by atoms with Gasteiger partial charge in [0.15, 0.2) is 0 Å². The van der Waals surface area contributed by atoms with Gasteiger partial charge in [-0.15, -0.1) is 6.42 Å². The average Bonchev–Trinajstić information content (AvgIpc) is 2.77. The van der Waals surface area contributed by atoms with Crippen molar-refractivity contribution in [2.24, 2.45) is 5.41 Å². The van der Waals surface area contributed by atoms with Gasteiger partial charge in [-0.25, -0.2) is 4.79 Å². The summed E-state index contributed by atoms with van der Waals surface area (Å²) in [5.41, 5.74) is 1.17. The third-order valence-corrected chi connectivity index (χ3v) is 2.81. The quantitative estimate of drug-likeness (QED) is 0.444. The molecule has 0 amide bonds. The third kappa shape index (κ3) is 5.33. The molecular weight excluding hydrogens is 280 g/mol. The van der Waals surface area contributed by atoms with E-state index in [0.29, 0.717) is 42.5 Å². The van der Waals surface area contributed by atoms with Gasteiger partial charge in [0, 0.05) is 11.6 Å². The number of carbonyl (C=O) groups excluding carboxylic acids is 1. The summed E-state index contributed by atoms with van der Waals surface area (Å²) in [6, 6.07) is 0. The predicted molar refractivity (Wildman–Crippen MR) is 85.7 cm³/mol. The van der Waals surface area contributed by atoms with Crippen LogP contribution in [0, 0.1) is 17.8 Å². The summed E-state index contributed by atoms with van der Waals surface area (Å²) in [5, 5.41) is 0. The van der Waals surface area contributed by atoms with E-state index < -0.39 is 0 Å². The Balaban J connectivity index is 2.99. The Morgan fingerprint density at radius 2 is 2.09 bits per heavy atom. The van der Waals surface area contributed by atoms with Crippen molar-refractivity contribution in [1.82, 2.24) is 0 Å². The summed E-state index contributed by atoms with van der Waals surface area (Å²) in [6.45, 7) is 10.9. The average molecular weight is 304 g/mol. The number of terminal acetylenes is 1. The number of hydrogen-bond acceptors (Lipinski definition) is 4. The summed E-state index contributed by atoms with van der Waals surface area (Å²) < 4.78 is 16.3. The van der Waals surface area contributed by atoms with Crippen molar-refractivity contribution in [3.05, 3.63) is 34.8 Å². The van der Waals surface area contributed by atoms with Crippen molar-refractivity contribution in [3.63, 3.8) is 0 Å². The van der Waals surface area contributed by atoms with Crippen LogP contribution < -0.4 is 0 Å². The second-order valence-electron chi connectivity index (χ2n) is 6.17. The summed E-state index contributed by atoms with van der Waals surface area (Å²) in [7, 11) is 0. The normalized spacial score (nSPS) is 17.3. The van der Waals surface area contributed by atoms with Crippen molar-refractivity contribution in [2.45, 2.75) is 34.6 Å². The Bertz CT molecular complexity index is 551. The maximum atomic E-state index is 12.0. The second-order valence-corrected chi connectivity index (χ2v) is 6.17. The van der Waals surface area contributed by atoms with Crippen LogP contribution in [0.15, 0.2) is 34.8 Å². The van der Waals surface area contributed by atoms with Crippen molar-refractivity contribution in [1.29, 1.82) is 0 Å². The van der Waals surface area contributed by atoms with E-state index in [4.69, 9.17) is 20.6 Å². The van der Waals surface area contributed by atoms with Crippen LogP contribution >= 0.6 is 0 Å². The largest absolute Gasteiger partial charge is 0.493 e. The van der Waals surface area contributed by atoms with Crippen LogP contribution in [0.4, 0.5) is 0 Å². The predicted octanol–water partition coefficient (Wildman–Crippen LogP) is 3.36. The Labute approximate surface area is 132 Å². The lowest BCUT2D eigenvalue weighted by atomic mass is 9.98. The molecule has 1 heterocycles. The summed E-state index contributed by atoms with van der Waals surface area (Å²) in [5.74, 6) is 3.16. The molecule has 0 aromatic rings. The monoisotopic (exact) mass is 304 g/mol. The van der Waals surface area contributed by atoms with Crippen LogP contribution in [0.1, 0.15) is 34.6 Å². The molecule has 0 saturated carbocycles. The Morgan fingerprint density at radius 1 is 1.41 bits per heavy atom. The van der Waals surface area contributed by atoms with E-state index in [9.17, 15) is 4.79 Å². The van der Waals surface area contributed by atoms with Gasteiger partial charge in [-0.05, 0) is 25.3 Å². The van der Waals surface area contributed by atoms with Gasteiger partial charge in [0.05, 0.1) is 13.2 Å². The molecule has 4 nitrogen and oxygen atoms in total. The zero-order valence-electron chi connectivity index (χ0n) is 14.0. The fraction of sp³-hybridized carbons (Fsp3) is 0.500. The maximum Gasteiger partial charge on any atom is 0.341 e. The van der Waals surface area contributed by atoms with Crippen LogP contribution in [0.5, 0.6) is 0 Å². The highest BCUT2D eigenvalue weighted by molar-refractivity contribution is 5.94. The molecule has 0 fully saturated rings. The molecule has 1 aliphatic heterocycles. The van der Waals surface area contributed by atoms with Gasteiger partial charge in [-0.2, -0.15) is 0 Å². The van der Waals surface area contributed by atoms with E-state index in [-0.39, 0.29) is 11.4 Å². The number of esters is 1. The lowest BCUT2D eigenvalue weighted by molar-refractivity contribution is -0.138. The number of allylic oxidation sites excluding steroid dienone is 3. The van der Waals surface area contributed by atoms with Gasteiger partial charge in [-0.1, -0.05) is 26.7 Å². The minimum atomic E-state index is -0.389. The van der Waals surface area contributed by atoms with Gasteiger partial charge in [-0.3, -0.25) is 0 Å². The smallest absolute Gasteiger partial charge is 0.341 e. The van der Waals surface area contributed by atoms with Crippen molar-refractivity contribution in [2.75, 3.05) is 19.8 Å². The highest BCUT2D eigenvalue weighted by Gasteiger charge is 2.26. The summed E-state index contributed by atoms with van der Waals surface area (Å²) >= 11 is 0. The molecule has 0 aliphatic carbocycles. The molecule has 1 aliphatic rings. The zero-order chi connectivity index (χ0) is 16.8. The minimum Gasteiger partial charge on any atom is -0.493 e. The molecule has 0 aromatic carbocycles. The van der Waals surface area contributed by atoms with Gasteiger partial charge >= 0.3 is 5.97 Å². The molecule has 0 radical (unpaired) electrons. The second kappa shape index (κ2) is 7.74. The van der Waals surface area contributed by atoms with Crippen LogP contribution in [0.25, 0.3) is 0 Å². The molecule has 0 bridgehead atoms. The van der Waals surface area contributed by atoms with E-state index in [1.807, 2.05) is 0 Å². The number of carbonyl (C=O) groups is 1. The van der Waals surface area contributed by atoms with E-state index in [1.54, 1.807) is 19.9 Å². The van der Waals surface area contributed by atoms with Gasteiger partial charge in [0.1, 0.15) is 23.7 Å². The van der Waals surface area contributed by atoms with E-state index >= 15 is 0 Å². The molecule has 0 atom stereocenters. The first-order chi connectivity index (χ1) is 10.3. The van der Waals surface area contributed by atoms with Crippen molar-refractivity contribution in [3.8, 4) is 12.3 Å². The van der Waals surface area contributed by atoms with Crippen molar-refractivity contribution >= 4 is 5.97 Å². The SMILES string of the molecule is C#C/C=C(\C=C1/COC(C)=C1C(=O)OCC)OCC(C)(C)C. The molecule has 22 heavy (non-hydrogen) atoms. The Kier molecular flexibility index (Phi) is 6.30. The van der Waals surface area contributed by atoms with Gasteiger partial charge in [0.2, 0.25) is 0 Å². The molecule has 0 aromatic heterocycles. The van der Waals surface area contributed by atoms with Gasteiger partial charge in [0.25, 0.3) is 0 Å². The standard InChI is InChI=1S/C18H24O4/c1-7-9-15(22-12-18(4,5)6)10-14-11-21-13(3)16(14)17(19)20-8-2/h1,9-10H,8,11-12H2,2-6H3/b14-10+,15-9+. The number of hydrogen-bond donors (Lipinski definition) is 0. The van der Waals surface area contributed by atoms with Crippen LogP contribution in [-0.2, 0) is 19.0 Å². The first-order valence-corrected chi connectivity index (χ1v) is 7.29. The van der Waals surface area contributed by atoms with Crippen LogP contribution in [0.2, 0.25) is 0 Å². The topological polar surface area (TPSA) is 44.8 Å². The lowest BCUT2D eigenvalue weighted by Crippen LogP contribution is -2.14. The Hall–Kier alpha value is -2.15. The number of rotatable bonds is 5. The zero-order valence-corrected chi connectivity index (χ0v) is 14.0. The molecule has 0 unspecified atom stereocenters. The van der Waals surface area contributed by atoms with E-state index in [1.165, 1.54) is 6.08 Å². The maximum absolute atomic E-state index is 12.0. The summed E-state index contributed by atoms with van der Waals surface area (Å²) in [6.07, 6.45) is 8.62. The Morgan fingerprint density at radius 3 is 2.64 bits per heavy atom. The fourth-order valence-electron chi connectivity index (χ4n) is 1.83. The lowest BCUT2D eigenvalue weighted by Gasteiger charge is -2.19. The van der Waals surface area contributed by atoms with Crippen molar-refractivity contribution < 1.29 is 19.0 Å². The molecule has 0 spiro atoms. The summed E-state index contributed by atoms with van der Waals surface area (Å²) in [4.78, 5) is 12.0. The molecule has 1 rings (SSSR count). The van der Waals surface area contributed by atoms with E-state index in [2.05, 4.69) is 26.7 Å². The first-order valence-electron chi connectivity index (χ1n) is 7.29. The number of ether oxygens (including phenoxy) is 3. The molecular formula is C18H24O4. The molecule has 0 saturated heterocycles. The molecule has 120 valence electrons. The highest BCUT2D eigenvalue weighted by Crippen LogP contribution is 2.27. The van der Waals surface area contributed by atoms with Crippen LogP contribution in [0.3, 0.4) is 0 Å². The first kappa shape index (κ1) is 17.9. The third-order valence-electron chi connectivity index (χ3n) is 2.81. The van der Waals surface area contributed by atoms with Crippen LogP contribution in [-0.4, -0.2) is 25.8 Å². The van der Waals surface area contributed by atoms with Gasteiger partial charge < -0.3 is 14.2 Å². The highest BCUT2D eigenvalue weighted by atomic mass is 16.5.